The first-order chi connectivity index (χ1) is 8.61. The van der Waals surface area contributed by atoms with Gasteiger partial charge in [-0.15, -0.1) is 0 Å². The topological polar surface area (TPSA) is 59.0 Å². The van der Waals surface area contributed by atoms with Gasteiger partial charge in [0.2, 0.25) is 0 Å². The number of hydrogen-bond donors (Lipinski definition) is 1. The first-order valence-electron chi connectivity index (χ1n) is 5.03. The zero-order chi connectivity index (χ0) is 13.1. The largest absolute Gasteiger partial charge is 0.454 e. The van der Waals surface area contributed by atoms with Crippen LogP contribution in [0.3, 0.4) is 0 Å². The molecule has 0 heterocycles. The number of rotatable bonds is 2. The summed E-state index contributed by atoms with van der Waals surface area (Å²) in [7, 11) is 0. The Morgan fingerprint density at radius 1 is 1.22 bits per heavy atom. The molecule has 0 unspecified atom stereocenters. The highest BCUT2D eigenvalue weighted by Gasteiger charge is 2.10. The lowest BCUT2D eigenvalue weighted by Crippen LogP contribution is -1.94. The van der Waals surface area contributed by atoms with Crippen LogP contribution in [0.5, 0.6) is 11.5 Å². The Bertz CT molecular complexity index is 637. The van der Waals surface area contributed by atoms with Crippen molar-refractivity contribution in [3.63, 3.8) is 0 Å². The molecule has 0 saturated carbocycles. The third-order valence-electron chi connectivity index (χ3n) is 2.28. The molecule has 3 nitrogen and oxygen atoms in total. The summed E-state index contributed by atoms with van der Waals surface area (Å²) in [6.45, 7) is 0. The fourth-order valence-electron chi connectivity index (χ4n) is 1.41. The molecule has 0 radical (unpaired) electrons. The molecule has 0 bridgehead atoms. The molecule has 2 aromatic rings. The Labute approximate surface area is 108 Å². The summed E-state index contributed by atoms with van der Waals surface area (Å²) in [5, 5.41) is 9.25. The highest BCUT2D eigenvalue weighted by Crippen LogP contribution is 2.32. The van der Waals surface area contributed by atoms with Crippen LogP contribution in [-0.2, 0) is 0 Å². The molecule has 0 atom stereocenters. The molecule has 0 aliphatic carbocycles. The van der Waals surface area contributed by atoms with Crippen LogP contribution in [0, 0.1) is 17.1 Å². The zero-order valence-corrected chi connectivity index (χ0v) is 9.91. The molecule has 0 aliphatic heterocycles. The molecular formula is C13H8ClFN2O. The van der Waals surface area contributed by atoms with Crippen LogP contribution in [0.15, 0.2) is 36.4 Å². The molecule has 0 spiro atoms. The lowest BCUT2D eigenvalue weighted by Gasteiger charge is -2.10. The highest BCUT2D eigenvalue weighted by atomic mass is 35.5. The van der Waals surface area contributed by atoms with Crippen LogP contribution in [0.2, 0.25) is 5.02 Å². The van der Waals surface area contributed by atoms with E-state index in [9.17, 15) is 4.39 Å². The molecule has 0 amide bonds. The number of nitrogen functional groups attached to an aromatic ring is 1. The molecule has 0 saturated heterocycles. The van der Waals surface area contributed by atoms with Crippen molar-refractivity contribution >= 4 is 17.3 Å². The summed E-state index contributed by atoms with van der Waals surface area (Å²) >= 11 is 5.86. The summed E-state index contributed by atoms with van der Waals surface area (Å²) in [4.78, 5) is 0. The average Bonchev–Trinajstić information content (AvgIpc) is 2.34. The zero-order valence-electron chi connectivity index (χ0n) is 9.15. The first kappa shape index (κ1) is 12.2. The maximum absolute atomic E-state index is 13.1. The molecule has 0 fully saturated rings. The third kappa shape index (κ3) is 2.36. The van der Waals surface area contributed by atoms with Crippen LogP contribution in [-0.4, -0.2) is 0 Å². The minimum Gasteiger partial charge on any atom is -0.454 e. The maximum atomic E-state index is 13.1. The SMILES string of the molecule is N#Cc1c(Cl)cccc1Oc1cc(F)ccc1N. The van der Waals surface area contributed by atoms with Crippen molar-refractivity contribution in [2.75, 3.05) is 5.73 Å². The monoisotopic (exact) mass is 262 g/mol. The lowest BCUT2D eigenvalue weighted by molar-refractivity contribution is 0.478. The van der Waals surface area contributed by atoms with E-state index in [0.717, 1.165) is 6.07 Å². The maximum Gasteiger partial charge on any atom is 0.153 e. The van der Waals surface area contributed by atoms with Gasteiger partial charge in [0.05, 0.1) is 10.7 Å². The standard InChI is InChI=1S/C13H8ClFN2O/c14-10-2-1-3-12(9(10)7-16)18-13-6-8(15)4-5-11(13)17/h1-6H,17H2. The summed E-state index contributed by atoms with van der Waals surface area (Å²) in [6.07, 6.45) is 0. The van der Waals surface area contributed by atoms with Crippen LogP contribution in [0.25, 0.3) is 0 Å². The number of nitrogens with zero attached hydrogens (tertiary/aromatic N) is 1. The Kier molecular flexibility index (Phi) is 3.35. The molecule has 2 aromatic carbocycles. The van der Waals surface area contributed by atoms with E-state index in [0.29, 0.717) is 0 Å². The predicted octanol–water partition coefficient (Wildman–Crippen LogP) is 3.73. The van der Waals surface area contributed by atoms with E-state index < -0.39 is 5.82 Å². The van der Waals surface area contributed by atoms with E-state index in [1.54, 1.807) is 18.2 Å². The average molecular weight is 263 g/mol. The van der Waals surface area contributed by atoms with Gasteiger partial charge >= 0.3 is 0 Å². The van der Waals surface area contributed by atoms with Gasteiger partial charge in [0.1, 0.15) is 23.2 Å². The number of benzene rings is 2. The van der Waals surface area contributed by atoms with Gasteiger partial charge in [0.25, 0.3) is 0 Å². The quantitative estimate of drug-likeness (QED) is 0.839. The van der Waals surface area contributed by atoms with Crippen LogP contribution in [0.1, 0.15) is 5.56 Å². The van der Waals surface area contributed by atoms with Gasteiger partial charge in [-0.1, -0.05) is 17.7 Å². The first-order valence-corrected chi connectivity index (χ1v) is 5.41. The van der Waals surface area contributed by atoms with E-state index in [-0.39, 0.29) is 27.8 Å². The highest BCUT2D eigenvalue weighted by molar-refractivity contribution is 6.31. The molecule has 2 N–H and O–H groups in total. The second-order valence-electron chi connectivity index (χ2n) is 3.51. The van der Waals surface area contributed by atoms with E-state index >= 15 is 0 Å². The number of halogens is 2. The fraction of sp³-hybridized carbons (Fsp3) is 0. The number of nitrogens with two attached hydrogens (primary N) is 1. The van der Waals surface area contributed by atoms with Crippen LogP contribution in [0.4, 0.5) is 10.1 Å². The molecule has 0 aliphatic rings. The summed E-state index contributed by atoms with van der Waals surface area (Å²) in [5.74, 6) is -0.0872. The molecule has 2 rings (SSSR count). The number of hydrogen-bond acceptors (Lipinski definition) is 3. The Hall–Kier alpha value is -2.25. The molecule has 0 aromatic heterocycles. The Morgan fingerprint density at radius 2 is 2.00 bits per heavy atom. The summed E-state index contributed by atoms with van der Waals surface area (Å²) < 4.78 is 18.5. The van der Waals surface area contributed by atoms with Crippen molar-refractivity contribution in [3.8, 4) is 17.6 Å². The van der Waals surface area contributed by atoms with E-state index in [4.69, 9.17) is 27.3 Å². The smallest absolute Gasteiger partial charge is 0.153 e. The van der Waals surface area contributed by atoms with Crippen molar-refractivity contribution in [1.29, 1.82) is 5.26 Å². The summed E-state index contributed by atoms with van der Waals surface area (Å²) in [5.41, 5.74) is 6.12. The molecular weight excluding hydrogens is 255 g/mol. The van der Waals surface area contributed by atoms with Gasteiger partial charge in [-0.3, -0.25) is 0 Å². The van der Waals surface area contributed by atoms with E-state index in [1.807, 2.05) is 6.07 Å². The molecule has 18 heavy (non-hydrogen) atoms. The van der Waals surface area contributed by atoms with Gasteiger partial charge in [-0.05, 0) is 24.3 Å². The van der Waals surface area contributed by atoms with Gasteiger partial charge in [-0.2, -0.15) is 5.26 Å². The fourth-order valence-corrected chi connectivity index (χ4v) is 1.62. The van der Waals surface area contributed by atoms with Crippen molar-refractivity contribution < 1.29 is 9.13 Å². The predicted molar refractivity (Wildman–Crippen MR) is 67.1 cm³/mol. The van der Waals surface area contributed by atoms with Crippen LogP contribution >= 0.6 is 11.6 Å². The van der Waals surface area contributed by atoms with Gasteiger partial charge < -0.3 is 10.5 Å². The minimum atomic E-state index is -0.472. The van der Waals surface area contributed by atoms with Gasteiger partial charge in [0, 0.05) is 6.07 Å². The Morgan fingerprint density at radius 3 is 2.72 bits per heavy atom. The third-order valence-corrected chi connectivity index (χ3v) is 2.60. The minimum absolute atomic E-state index is 0.147. The molecule has 90 valence electrons. The number of ether oxygens (including phenoxy) is 1. The number of nitriles is 1. The van der Waals surface area contributed by atoms with Crippen molar-refractivity contribution in [2.45, 2.75) is 0 Å². The van der Waals surface area contributed by atoms with Gasteiger partial charge in [0.15, 0.2) is 5.75 Å². The number of anilines is 1. The summed E-state index contributed by atoms with van der Waals surface area (Å²) in [6, 6.07) is 10.5. The second kappa shape index (κ2) is 4.94. The lowest BCUT2D eigenvalue weighted by atomic mass is 10.2. The van der Waals surface area contributed by atoms with E-state index in [1.165, 1.54) is 12.1 Å². The molecule has 5 heteroatoms. The van der Waals surface area contributed by atoms with Crippen LogP contribution < -0.4 is 10.5 Å². The van der Waals surface area contributed by atoms with E-state index in [2.05, 4.69) is 0 Å². The van der Waals surface area contributed by atoms with Crippen molar-refractivity contribution in [1.82, 2.24) is 0 Å². The Balaban J connectivity index is 2.44. The van der Waals surface area contributed by atoms with Crippen molar-refractivity contribution in [2.24, 2.45) is 0 Å². The normalized spacial score (nSPS) is 9.83. The van der Waals surface area contributed by atoms with Gasteiger partial charge in [-0.25, -0.2) is 4.39 Å². The van der Waals surface area contributed by atoms with Crippen molar-refractivity contribution in [3.05, 3.63) is 52.8 Å². The second-order valence-corrected chi connectivity index (χ2v) is 3.92.